The molecular formula is C19H18N2O2. The molecule has 1 aromatic heterocycles. The van der Waals surface area contributed by atoms with Gasteiger partial charge < -0.3 is 15.5 Å². The number of hydrogen-bond donors (Lipinski definition) is 2. The van der Waals surface area contributed by atoms with E-state index in [1.807, 2.05) is 48.7 Å². The third-order valence-electron chi connectivity index (χ3n) is 3.99. The lowest BCUT2D eigenvalue weighted by Crippen LogP contribution is -2.11. The second-order valence-corrected chi connectivity index (χ2v) is 5.69. The lowest BCUT2D eigenvalue weighted by atomic mass is 9.97. The van der Waals surface area contributed by atoms with Crippen LogP contribution >= 0.6 is 0 Å². The lowest BCUT2D eigenvalue weighted by molar-refractivity contribution is -0.116. The number of carbonyl (C=O) groups excluding carboxylic acids is 2. The summed E-state index contributed by atoms with van der Waals surface area (Å²) in [7, 11) is 0. The molecule has 1 amide bonds. The zero-order valence-electron chi connectivity index (χ0n) is 12.9. The largest absolute Gasteiger partial charge is 0.366 e. The van der Waals surface area contributed by atoms with Crippen LogP contribution in [0.3, 0.4) is 0 Å². The molecule has 0 spiro atoms. The lowest BCUT2D eigenvalue weighted by Gasteiger charge is -2.07. The minimum Gasteiger partial charge on any atom is -0.366 e. The molecule has 0 bridgehead atoms. The molecule has 0 aliphatic carbocycles. The SMILES string of the molecule is CC(=O)CCc1c[nH]c2c(C(N)=O)cc(-c3ccccc3)cc12. The first-order chi connectivity index (χ1) is 11.1. The number of hydrogen-bond acceptors (Lipinski definition) is 2. The Hall–Kier alpha value is -2.88. The average molecular weight is 306 g/mol. The van der Waals surface area contributed by atoms with Crippen molar-refractivity contribution < 1.29 is 9.59 Å². The quantitative estimate of drug-likeness (QED) is 0.757. The highest BCUT2D eigenvalue weighted by molar-refractivity contribution is 6.07. The maximum atomic E-state index is 11.8. The molecule has 4 nitrogen and oxygen atoms in total. The number of amides is 1. The zero-order chi connectivity index (χ0) is 16.4. The third kappa shape index (κ3) is 3.01. The number of rotatable bonds is 5. The first-order valence-corrected chi connectivity index (χ1v) is 7.55. The molecule has 3 rings (SSSR count). The molecule has 3 N–H and O–H groups in total. The third-order valence-corrected chi connectivity index (χ3v) is 3.99. The minimum absolute atomic E-state index is 0.147. The Labute approximate surface area is 134 Å². The van der Waals surface area contributed by atoms with Crippen molar-refractivity contribution >= 4 is 22.6 Å². The van der Waals surface area contributed by atoms with Crippen molar-refractivity contribution in [3.63, 3.8) is 0 Å². The zero-order valence-corrected chi connectivity index (χ0v) is 12.9. The van der Waals surface area contributed by atoms with Crippen LogP contribution < -0.4 is 5.73 Å². The molecule has 0 saturated heterocycles. The van der Waals surface area contributed by atoms with Crippen LogP contribution in [0.1, 0.15) is 29.3 Å². The van der Waals surface area contributed by atoms with E-state index in [1.54, 1.807) is 6.92 Å². The van der Waals surface area contributed by atoms with E-state index in [0.29, 0.717) is 18.4 Å². The molecule has 0 aliphatic rings. The van der Waals surface area contributed by atoms with Gasteiger partial charge in [-0.3, -0.25) is 4.79 Å². The number of nitrogens with one attached hydrogen (secondary N) is 1. The topological polar surface area (TPSA) is 75.9 Å². The number of aromatic amines is 1. The predicted molar refractivity (Wildman–Crippen MR) is 91.3 cm³/mol. The summed E-state index contributed by atoms with van der Waals surface area (Å²) in [6.07, 6.45) is 2.98. The van der Waals surface area contributed by atoms with Gasteiger partial charge in [-0.05, 0) is 42.2 Å². The number of nitrogens with two attached hydrogens (primary N) is 1. The highest BCUT2D eigenvalue weighted by Gasteiger charge is 2.14. The van der Waals surface area contributed by atoms with Gasteiger partial charge in [0.1, 0.15) is 5.78 Å². The van der Waals surface area contributed by atoms with E-state index in [1.165, 1.54) is 0 Å². The molecule has 2 aromatic carbocycles. The maximum absolute atomic E-state index is 11.8. The van der Waals surface area contributed by atoms with Gasteiger partial charge >= 0.3 is 0 Å². The number of aromatic nitrogens is 1. The summed E-state index contributed by atoms with van der Waals surface area (Å²) in [6.45, 7) is 1.58. The van der Waals surface area contributed by atoms with Crippen LogP contribution in [-0.2, 0) is 11.2 Å². The Kier molecular flexibility index (Phi) is 3.98. The second-order valence-electron chi connectivity index (χ2n) is 5.69. The van der Waals surface area contributed by atoms with Crippen LogP contribution in [0.2, 0.25) is 0 Å². The van der Waals surface area contributed by atoms with E-state index < -0.39 is 5.91 Å². The van der Waals surface area contributed by atoms with Crippen LogP contribution in [0, 0.1) is 0 Å². The summed E-state index contributed by atoms with van der Waals surface area (Å²) in [5.41, 5.74) is 9.73. The van der Waals surface area contributed by atoms with E-state index >= 15 is 0 Å². The normalized spacial score (nSPS) is 10.8. The Morgan fingerprint density at radius 1 is 1.09 bits per heavy atom. The van der Waals surface area contributed by atoms with Crippen LogP contribution in [0.5, 0.6) is 0 Å². The molecule has 116 valence electrons. The van der Waals surface area contributed by atoms with Crippen LogP contribution in [0.25, 0.3) is 22.0 Å². The van der Waals surface area contributed by atoms with Gasteiger partial charge in [-0.2, -0.15) is 0 Å². The van der Waals surface area contributed by atoms with Gasteiger partial charge in [0.15, 0.2) is 0 Å². The number of fused-ring (bicyclic) bond motifs is 1. The fourth-order valence-electron chi connectivity index (χ4n) is 2.80. The Morgan fingerprint density at radius 3 is 2.48 bits per heavy atom. The maximum Gasteiger partial charge on any atom is 0.250 e. The molecule has 0 aliphatic heterocycles. The fourth-order valence-corrected chi connectivity index (χ4v) is 2.80. The molecule has 0 unspecified atom stereocenters. The number of ketones is 1. The first-order valence-electron chi connectivity index (χ1n) is 7.55. The van der Waals surface area contributed by atoms with Gasteiger partial charge in [-0.1, -0.05) is 30.3 Å². The fraction of sp³-hybridized carbons (Fsp3) is 0.158. The molecule has 0 fully saturated rings. The molecule has 4 heteroatoms. The average Bonchev–Trinajstić information content (AvgIpc) is 2.95. The van der Waals surface area contributed by atoms with E-state index in [9.17, 15) is 9.59 Å². The second kappa shape index (κ2) is 6.08. The van der Waals surface area contributed by atoms with E-state index in [4.69, 9.17) is 5.73 Å². The van der Waals surface area contributed by atoms with Gasteiger partial charge in [0.25, 0.3) is 5.91 Å². The van der Waals surface area contributed by atoms with Gasteiger partial charge in [0, 0.05) is 18.0 Å². The number of H-pyrrole nitrogens is 1. The van der Waals surface area contributed by atoms with E-state index in [2.05, 4.69) is 4.98 Å². The minimum atomic E-state index is -0.465. The molecular weight excluding hydrogens is 288 g/mol. The van der Waals surface area contributed by atoms with Gasteiger partial charge in [-0.25, -0.2) is 0 Å². The highest BCUT2D eigenvalue weighted by atomic mass is 16.1. The Balaban J connectivity index is 2.17. The number of carbonyl (C=O) groups is 2. The molecule has 0 atom stereocenters. The molecule has 0 saturated carbocycles. The smallest absolute Gasteiger partial charge is 0.250 e. The highest BCUT2D eigenvalue weighted by Crippen LogP contribution is 2.30. The molecule has 3 aromatic rings. The summed E-state index contributed by atoms with van der Waals surface area (Å²) in [5, 5.41) is 0.946. The van der Waals surface area contributed by atoms with Crippen molar-refractivity contribution in [1.82, 2.24) is 4.98 Å². The van der Waals surface area contributed by atoms with Crippen molar-refractivity contribution in [3.8, 4) is 11.1 Å². The van der Waals surface area contributed by atoms with Crippen molar-refractivity contribution in [2.75, 3.05) is 0 Å². The van der Waals surface area contributed by atoms with E-state index in [-0.39, 0.29) is 5.78 Å². The summed E-state index contributed by atoms with van der Waals surface area (Å²) in [5.74, 6) is -0.318. The number of benzene rings is 2. The standard InChI is InChI=1S/C19H18N2O2/c1-12(22)7-8-14-11-21-18-16(14)9-15(10-17(18)19(20)23)13-5-3-2-4-6-13/h2-6,9-11,21H,7-8H2,1H3,(H2,20,23). The van der Waals surface area contributed by atoms with Crippen molar-refractivity contribution in [2.24, 2.45) is 5.73 Å². The van der Waals surface area contributed by atoms with Crippen molar-refractivity contribution in [3.05, 3.63) is 59.8 Å². The van der Waals surface area contributed by atoms with Crippen LogP contribution in [0.4, 0.5) is 0 Å². The summed E-state index contributed by atoms with van der Waals surface area (Å²) in [4.78, 5) is 26.2. The van der Waals surface area contributed by atoms with Crippen molar-refractivity contribution in [1.29, 1.82) is 0 Å². The Bertz CT molecular complexity index is 879. The van der Waals surface area contributed by atoms with Crippen molar-refractivity contribution in [2.45, 2.75) is 19.8 Å². The molecule has 0 radical (unpaired) electrons. The number of Topliss-reactive ketones (excluding diaryl/α,β-unsaturated/α-hetero) is 1. The Morgan fingerprint density at radius 2 is 1.83 bits per heavy atom. The van der Waals surface area contributed by atoms with Crippen LogP contribution in [0.15, 0.2) is 48.7 Å². The van der Waals surface area contributed by atoms with Gasteiger partial charge in [-0.15, -0.1) is 0 Å². The first kappa shape index (κ1) is 15.0. The molecule has 23 heavy (non-hydrogen) atoms. The van der Waals surface area contributed by atoms with Gasteiger partial charge in [0.2, 0.25) is 0 Å². The monoisotopic (exact) mass is 306 g/mol. The number of aryl methyl sites for hydroxylation is 1. The summed E-state index contributed by atoms with van der Waals surface area (Å²) < 4.78 is 0. The van der Waals surface area contributed by atoms with E-state index in [0.717, 1.165) is 27.6 Å². The number of primary amides is 1. The van der Waals surface area contributed by atoms with Gasteiger partial charge in [0.05, 0.1) is 11.1 Å². The van der Waals surface area contributed by atoms with Crippen LogP contribution in [-0.4, -0.2) is 16.7 Å². The summed E-state index contributed by atoms with van der Waals surface area (Å²) >= 11 is 0. The predicted octanol–water partition coefficient (Wildman–Crippen LogP) is 3.46. The molecule has 1 heterocycles. The summed E-state index contributed by atoms with van der Waals surface area (Å²) in [6, 6.07) is 13.7.